The van der Waals surface area contributed by atoms with Crippen molar-refractivity contribution in [3.63, 3.8) is 0 Å². The molecule has 1 aromatic carbocycles. The van der Waals surface area contributed by atoms with Gasteiger partial charge in [0.2, 0.25) is 0 Å². The highest BCUT2D eigenvalue weighted by Crippen LogP contribution is 2.36. The van der Waals surface area contributed by atoms with E-state index >= 15 is 0 Å². The maximum absolute atomic E-state index is 11.2. The third kappa shape index (κ3) is 4.69. The lowest BCUT2D eigenvalue weighted by molar-refractivity contribution is -0.145. The summed E-state index contributed by atoms with van der Waals surface area (Å²) in [6.07, 6.45) is 1.39. The summed E-state index contributed by atoms with van der Waals surface area (Å²) in [4.78, 5) is 11.2. The molecule has 0 saturated heterocycles. The summed E-state index contributed by atoms with van der Waals surface area (Å²) in [5, 5.41) is 9.15. The number of methoxy groups -OCH3 is 1. The second-order valence-corrected chi connectivity index (χ2v) is 5.71. The molecule has 19 heavy (non-hydrogen) atoms. The Morgan fingerprint density at radius 3 is 2.42 bits per heavy atom. The predicted octanol–water partition coefficient (Wildman–Crippen LogP) is 4.24. The fraction of sp³-hybridized carbons (Fsp3) is 0.462. The van der Waals surface area contributed by atoms with Crippen molar-refractivity contribution in [2.75, 3.05) is 7.11 Å². The van der Waals surface area contributed by atoms with Gasteiger partial charge in [-0.3, -0.25) is 0 Å². The van der Waals surface area contributed by atoms with Crippen LogP contribution in [0.3, 0.4) is 0 Å². The number of rotatable bonds is 7. The minimum atomic E-state index is -0.952. The lowest BCUT2D eigenvalue weighted by atomic mass is 10.1. The first-order chi connectivity index (χ1) is 8.99. The number of carboxylic acids is 1. The highest BCUT2D eigenvalue weighted by molar-refractivity contribution is 9.11. The third-order valence-corrected chi connectivity index (χ3v) is 3.81. The average molecular weight is 396 g/mol. The Bertz CT molecular complexity index is 449. The Labute approximate surface area is 129 Å². The van der Waals surface area contributed by atoms with Crippen LogP contribution in [0, 0.1) is 0 Å². The maximum atomic E-state index is 11.2. The number of carboxylic acid groups (broad SMARTS) is 1. The van der Waals surface area contributed by atoms with E-state index in [0.717, 1.165) is 12.8 Å². The van der Waals surface area contributed by atoms with Gasteiger partial charge in [0.1, 0.15) is 11.5 Å². The number of unbranched alkanes of at least 4 members (excludes halogenated alkanes) is 1. The number of ether oxygens (including phenoxy) is 2. The van der Waals surface area contributed by atoms with Gasteiger partial charge < -0.3 is 14.6 Å². The molecule has 0 aromatic heterocycles. The van der Waals surface area contributed by atoms with Crippen LogP contribution in [0.2, 0.25) is 0 Å². The molecule has 1 rings (SSSR count). The van der Waals surface area contributed by atoms with E-state index in [4.69, 9.17) is 14.6 Å². The lowest BCUT2D eigenvalue weighted by Crippen LogP contribution is -2.27. The Balaban J connectivity index is 2.90. The summed E-state index contributed by atoms with van der Waals surface area (Å²) in [6, 6.07) is 3.43. The molecule has 0 aliphatic carbocycles. The van der Waals surface area contributed by atoms with Crippen molar-refractivity contribution in [3.05, 3.63) is 21.1 Å². The molecule has 0 radical (unpaired) electrons. The number of benzene rings is 1. The van der Waals surface area contributed by atoms with Gasteiger partial charge in [0, 0.05) is 0 Å². The van der Waals surface area contributed by atoms with Gasteiger partial charge in [-0.05, 0) is 56.8 Å². The van der Waals surface area contributed by atoms with E-state index in [0.29, 0.717) is 26.9 Å². The normalized spacial score (nSPS) is 12.0. The van der Waals surface area contributed by atoms with Crippen LogP contribution in [0.15, 0.2) is 21.1 Å². The highest BCUT2D eigenvalue weighted by Gasteiger charge is 2.20. The molecule has 0 bridgehead atoms. The van der Waals surface area contributed by atoms with Crippen molar-refractivity contribution in [2.45, 2.75) is 32.3 Å². The first-order valence-electron chi connectivity index (χ1n) is 5.92. The number of hydrogen-bond acceptors (Lipinski definition) is 3. The molecule has 1 atom stereocenters. The monoisotopic (exact) mass is 394 g/mol. The fourth-order valence-corrected chi connectivity index (χ4v) is 2.43. The van der Waals surface area contributed by atoms with Crippen LogP contribution in [0.5, 0.6) is 11.5 Å². The quantitative estimate of drug-likeness (QED) is 0.749. The summed E-state index contributed by atoms with van der Waals surface area (Å²) in [6.45, 7) is 2.01. The van der Waals surface area contributed by atoms with Crippen molar-refractivity contribution < 1.29 is 19.4 Å². The fourth-order valence-electron chi connectivity index (χ4n) is 1.53. The van der Waals surface area contributed by atoms with Crippen LogP contribution >= 0.6 is 31.9 Å². The first kappa shape index (κ1) is 16.3. The Morgan fingerprint density at radius 1 is 1.32 bits per heavy atom. The van der Waals surface area contributed by atoms with E-state index in [1.54, 1.807) is 19.2 Å². The molecule has 1 aromatic rings. The van der Waals surface area contributed by atoms with Crippen LogP contribution in [0.1, 0.15) is 26.2 Å². The number of carbonyl (C=O) groups is 1. The summed E-state index contributed by atoms with van der Waals surface area (Å²) in [7, 11) is 1.56. The number of halogens is 2. The molecule has 1 unspecified atom stereocenters. The summed E-state index contributed by atoms with van der Waals surface area (Å²) in [5.74, 6) is 0.183. The van der Waals surface area contributed by atoms with Gasteiger partial charge in [-0.15, -0.1) is 0 Å². The van der Waals surface area contributed by atoms with Gasteiger partial charge >= 0.3 is 5.97 Å². The van der Waals surface area contributed by atoms with Gasteiger partial charge in [0.25, 0.3) is 0 Å². The molecule has 0 aliphatic rings. The van der Waals surface area contributed by atoms with Gasteiger partial charge in [-0.1, -0.05) is 13.3 Å². The van der Waals surface area contributed by atoms with E-state index < -0.39 is 12.1 Å². The van der Waals surface area contributed by atoms with Crippen molar-refractivity contribution >= 4 is 37.8 Å². The molecule has 0 aliphatic heterocycles. The molecule has 0 saturated carbocycles. The zero-order valence-corrected chi connectivity index (χ0v) is 14.0. The SMILES string of the molecule is CCCCC(Oc1cc(Br)c(OC)cc1Br)C(=O)O. The third-order valence-electron chi connectivity index (χ3n) is 2.57. The second-order valence-electron chi connectivity index (χ2n) is 4.00. The molecule has 0 spiro atoms. The molecule has 6 heteroatoms. The van der Waals surface area contributed by atoms with Gasteiger partial charge in [0.05, 0.1) is 16.1 Å². The lowest BCUT2D eigenvalue weighted by Gasteiger charge is -2.17. The summed E-state index contributed by atoms with van der Waals surface area (Å²) < 4.78 is 12.1. The zero-order valence-electron chi connectivity index (χ0n) is 10.8. The maximum Gasteiger partial charge on any atom is 0.344 e. The van der Waals surface area contributed by atoms with E-state index in [-0.39, 0.29) is 0 Å². The number of aliphatic carboxylic acids is 1. The van der Waals surface area contributed by atoms with Gasteiger partial charge in [0.15, 0.2) is 6.10 Å². The highest BCUT2D eigenvalue weighted by atomic mass is 79.9. The van der Waals surface area contributed by atoms with E-state index in [1.165, 1.54) is 0 Å². The van der Waals surface area contributed by atoms with Crippen molar-refractivity contribution in [2.24, 2.45) is 0 Å². The topological polar surface area (TPSA) is 55.8 Å². The van der Waals surface area contributed by atoms with Gasteiger partial charge in [-0.2, -0.15) is 0 Å². The minimum absolute atomic E-state index is 0.483. The van der Waals surface area contributed by atoms with E-state index in [1.807, 2.05) is 6.92 Å². The molecule has 4 nitrogen and oxygen atoms in total. The second kappa shape index (κ2) is 7.75. The molecule has 0 amide bonds. The standard InChI is InChI=1S/C13H16Br2O4/c1-3-4-5-10(13(16)17)19-12-7-8(14)11(18-2)6-9(12)15/h6-7,10H,3-5H2,1-2H3,(H,16,17). The largest absolute Gasteiger partial charge is 0.496 e. The van der Waals surface area contributed by atoms with Gasteiger partial charge in [-0.25, -0.2) is 4.79 Å². The van der Waals surface area contributed by atoms with Crippen LogP contribution < -0.4 is 9.47 Å². The van der Waals surface area contributed by atoms with E-state index in [2.05, 4.69) is 31.9 Å². The Hall–Kier alpha value is -0.750. The smallest absolute Gasteiger partial charge is 0.344 e. The predicted molar refractivity (Wildman–Crippen MR) is 80.0 cm³/mol. The van der Waals surface area contributed by atoms with Crippen LogP contribution in [0.25, 0.3) is 0 Å². The van der Waals surface area contributed by atoms with Crippen LogP contribution in [0.4, 0.5) is 0 Å². The van der Waals surface area contributed by atoms with Crippen LogP contribution in [-0.2, 0) is 4.79 Å². The zero-order chi connectivity index (χ0) is 14.4. The molecular weight excluding hydrogens is 380 g/mol. The molecule has 106 valence electrons. The van der Waals surface area contributed by atoms with Crippen molar-refractivity contribution in [3.8, 4) is 11.5 Å². The first-order valence-corrected chi connectivity index (χ1v) is 7.50. The Morgan fingerprint density at radius 2 is 1.89 bits per heavy atom. The minimum Gasteiger partial charge on any atom is -0.496 e. The molecular formula is C13H16Br2O4. The van der Waals surface area contributed by atoms with Crippen molar-refractivity contribution in [1.29, 1.82) is 0 Å². The molecule has 0 fully saturated rings. The van der Waals surface area contributed by atoms with E-state index in [9.17, 15) is 4.79 Å². The van der Waals surface area contributed by atoms with Crippen LogP contribution in [-0.4, -0.2) is 24.3 Å². The Kier molecular flexibility index (Phi) is 6.65. The average Bonchev–Trinajstić information content (AvgIpc) is 2.37. The molecule has 1 N–H and O–H groups in total. The summed E-state index contributed by atoms with van der Waals surface area (Å²) in [5.41, 5.74) is 0. The number of hydrogen-bond donors (Lipinski definition) is 1. The summed E-state index contributed by atoms with van der Waals surface area (Å²) >= 11 is 6.70. The molecule has 0 heterocycles. The van der Waals surface area contributed by atoms with Crippen molar-refractivity contribution in [1.82, 2.24) is 0 Å².